The van der Waals surface area contributed by atoms with Crippen LogP contribution < -0.4 is 0 Å². The van der Waals surface area contributed by atoms with Gasteiger partial charge in [0.2, 0.25) is 5.78 Å². The number of carbonyl (C=O) groups excluding carboxylic acids is 2. The van der Waals surface area contributed by atoms with Gasteiger partial charge < -0.3 is 9.30 Å². The maximum atomic E-state index is 12.7. The number of rotatable bonds is 4. The first kappa shape index (κ1) is 15.0. The second kappa shape index (κ2) is 6.08. The molecule has 0 spiro atoms. The summed E-state index contributed by atoms with van der Waals surface area (Å²) in [6.45, 7) is 2.81. The number of carbonyl (C=O) groups is 2. The van der Waals surface area contributed by atoms with Crippen LogP contribution in [0.2, 0.25) is 0 Å². The normalized spacial score (nSPS) is 16.4. The highest BCUT2D eigenvalue weighted by Gasteiger charge is 2.35. The van der Waals surface area contributed by atoms with E-state index in [4.69, 9.17) is 4.74 Å². The number of esters is 1. The fourth-order valence-corrected chi connectivity index (χ4v) is 3.63. The first-order chi connectivity index (χ1) is 10.6. The van der Waals surface area contributed by atoms with Crippen LogP contribution in [0.1, 0.15) is 41.0 Å². The van der Waals surface area contributed by atoms with Crippen molar-refractivity contribution in [3.05, 3.63) is 57.8 Å². The molecule has 3 rings (SSSR count). The van der Waals surface area contributed by atoms with Crippen molar-refractivity contribution in [1.82, 2.24) is 4.57 Å². The van der Waals surface area contributed by atoms with Crippen molar-refractivity contribution in [2.45, 2.75) is 25.8 Å². The summed E-state index contributed by atoms with van der Waals surface area (Å²) >= 11 is 3.49. The molecule has 2 aromatic rings. The van der Waals surface area contributed by atoms with Gasteiger partial charge in [-0.25, -0.2) is 0 Å². The van der Waals surface area contributed by atoms with E-state index in [9.17, 15) is 9.59 Å². The first-order valence-corrected chi connectivity index (χ1v) is 8.08. The van der Waals surface area contributed by atoms with Gasteiger partial charge in [0.15, 0.2) is 0 Å². The molecule has 1 aliphatic rings. The summed E-state index contributed by atoms with van der Waals surface area (Å²) in [5.41, 5.74) is 2.10. The van der Waals surface area contributed by atoms with E-state index in [0.29, 0.717) is 30.8 Å². The average Bonchev–Trinajstić information content (AvgIpc) is 3.09. The highest BCUT2D eigenvalue weighted by Crippen LogP contribution is 2.38. The van der Waals surface area contributed by atoms with Crippen molar-refractivity contribution >= 4 is 27.7 Å². The van der Waals surface area contributed by atoms with E-state index in [-0.39, 0.29) is 17.7 Å². The van der Waals surface area contributed by atoms with Crippen LogP contribution in [0, 0.1) is 0 Å². The number of halogens is 1. The molecule has 1 aliphatic heterocycles. The van der Waals surface area contributed by atoms with Crippen molar-refractivity contribution < 1.29 is 14.3 Å². The number of hydrogen-bond donors (Lipinski definition) is 0. The molecule has 0 saturated heterocycles. The molecule has 1 aromatic heterocycles. The molecule has 0 bridgehead atoms. The van der Waals surface area contributed by atoms with Crippen molar-refractivity contribution in [2.75, 3.05) is 6.61 Å². The van der Waals surface area contributed by atoms with Crippen LogP contribution >= 0.6 is 15.9 Å². The molecule has 0 N–H and O–H groups in total. The van der Waals surface area contributed by atoms with Gasteiger partial charge in [-0.1, -0.05) is 30.3 Å². The van der Waals surface area contributed by atoms with Crippen molar-refractivity contribution in [2.24, 2.45) is 0 Å². The summed E-state index contributed by atoms with van der Waals surface area (Å²) in [5, 5.41) is 0. The summed E-state index contributed by atoms with van der Waals surface area (Å²) < 4.78 is 7.86. The second-order valence-corrected chi connectivity index (χ2v) is 6.06. The third-order valence-electron chi connectivity index (χ3n) is 3.90. The number of benzene rings is 1. The Morgan fingerprint density at radius 2 is 2.05 bits per heavy atom. The van der Waals surface area contributed by atoms with E-state index < -0.39 is 0 Å². The monoisotopic (exact) mass is 361 g/mol. The Hall–Kier alpha value is -1.88. The molecule has 0 fully saturated rings. The summed E-state index contributed by atoms with van der Waals surface area (Å²) in [5.74, 6) is -0.553. The van der Waals surface area contributed by atoms with Crippen LogP contribution in [0.4, 0.5) is 0 Å². The lowest BCUT2D eigenvalue weighted by molar-refractivity contribution is -0.144. The third-order valence-corrected chi connectivity index (χ3v) is 4.54. The molecule has 114 valence electrons. The van der Waals surface area contributed by atoms with Gasteiger partial charge in [-0.2, -0.15) is 0 Å². The molecule has 0 amide bonds. The predicted molar refractivity (Wildman–Crippen MR) is 86.0 cm³/mol. The zero-order valence-corrected chi connectivity index (χ0v) is 13.8. The van der Waals surface area contributed by atoms with Crippen LogP contribution in [0.15, 0.2) is 40.9 Å². The molecule has 1 aromatic carbocycles. The Labute approximate surface area is 137 Å². The minimum Gasteiger partial charge on any atom is -0.465 e. The topological polar surface area (TPSA) is 48.3 Å². The molecule has 2 heterocycles. The SMILES string of the molecule is CCOC(=O)C1CCn2c(C(=O)c3ccccc3)cc(Br)c21. The van der Waals surface area contributed by atoms with Gasteiger partial charge >= 0.3 is 5.97 Å². The number of ketones is 1. The predicted octanol–water partition coefficient (Wildman–Crippen LogP) is 3.53. The minimum absolute atomic E-state index is 0.0305. The molecule has 22 heavy (non-hydrogen) atoms. The van der Waals surface area contributed by atoms with Crippen molar-refractivity contribution in [3.63, 3.8) is 0 Å². The van der Waals surface area contributed by atoms with Crippen LogP contribution in [0.25, 0.3) is 0 Å². The molecule has 0 radical (unpaired) electrons. The number of aromatic nitrogens is 1. The van der Waals surface area contributed by atoms with E-state index in [1.165, 1.54) is 0 Å². The quantitative estimate of drug-likeness (QED) is 0.618. The molecule has 4 nitrogen and oxygen atoms in total. The summed E-state index contributed by atoms with van der Waals surface area (Å²) in [6, 6.07) is 11.0. The van der Waals surface area contributed by atoms with E-state index in [1.54, 1.807) is 25.1 Å². The molecular formula is C17H16BrNO3. The number of nitrogens with zero attached hydrogens (tertiary/aromatic N) is 1. The van der Waals surface area contributed by atoms with Gasteiger partial charge in [-0.3, -0.25) is 9.59 Å². The zero-order valence-electron chi connectivity index (χ0n) is 12.2. The summed E-state index contributed by atoms with van der Waals surface area (Å²) in [4.78, 5) is 24.7. The van der Waals surface area contributed by atoms with Gasteiger partial charge in [0.25, 0.3) is 0 Å². The minimum atomic E-state index is -0.299. The Morgan fingerprint density at radius 1 is 1.32 bits per heavy atom. The fraction of sp³-hybridized carbons (Fsp3) is 0.294. The average molecular weight is 362 g/mol. The highest BCUT2D eigenvalue weighted by molar-refractivity contribution is 9.10. The Kier molecular flexibility index (Phi) is 4.16. The zero-order chi connectivity index (χ0) is 15.7. The molecule has 1 atom stereocenters. The molecular weight excluding hydrogens is 346 g/mol. The molecule has 5 heteroatoms. The number of fused-ring (bicyclic) bond motifs is 1. The van der Waals surface area contributed by atoms with Crippen LogP contribution in [0.3, 0.4) is 0 Å². The van der Waals surface area contributed by atoms with E-state index in [0.717, 1.165) is 10.2 Å². The van der Waals surface area contributed by atoms with Gasteiger partial charge in [0.1, 0.15) is 0 Å². The Bertz CT molecular complexity index is 721. The van der Waals surface area contributed by atoms with Gasteiger partial charge in [-0.05, 0) is 35.3 Å². The smallest absolute Gasteiger partial charge is 0.315 e. The summed E-state index contributed by atoms with van der Waals surface area (Å²) in [7, 11) is 0. The second-order valence-electron chi connectivity index (χ2n) is 5.20. The Balaban J connectivity index is 1.97. The van der Waals surface area contributed by atoms with Crippen molar-refractivity contribution in [1.29, 1.82) is 0 Å². The molecule has 0 aliphatic carbocycles. The van der Waals surface area contributed by atoms with E-state index in [2.05, 4.69) is 15.9 Å². The molecule has 1 unspecified atom stereocenters. The lowest BCUT2D eigenvalue weighted by Gasteiger charge is -2.09. The third kappa shape index (κ3) is 2.50. The highest BCUT2D eigenvalue weighted by atomic mass is 79.9. The van der Waals surface area contributed by atoms with Crippen LogP contribution in [0.5, 0.6) is 0 Å². The summed E-state index contributed by atoms with van der Waals surface area (Å²) in [6.07, 6.45) is 0.669. The van der Waals surface area contributed by atoms with Gasteiger partial charge in [0.05, 0.1) is 18.2 Å². The lowest BCUT2D eigenvalue weighted by atomic mass is 10.1. The fourth-order valence-electron chi connectivity index (χ4n) is 2.92. The first-order valence-electron chi connectivity index (χ1n) is 7.28. The van der Waals surface area contributed by atoms with Crippen LogP contribution in [-0.4, -0.2) is 22.9 Å². The molecule has 0 saturated carbocycles. The van der Waals surface area contributed by atoms with Crippen LogP contribution in [-0.2, 0) is 16.1 Å². The largest absolute Gasteiger partial charge is 0.465 e. The maximum absolute atomic E-state index is 12.7. The number of hydrogen-bond acceptors (Lipinski definition) is 3. The Morgan fingerprint density at radius 3 is 2.73 bits per heavy atom. The number of ether oxygens (including phenoxy) is 1. The van der Waals surface area contributed by atoms with Gasteiger partial charge in [0, 0.05) is 22.3 Å². The van der Waals surface area contributed by atoms with E-state index in [1.807, 2.05) is 22.8 Å². The van der Waals surface area contributed by atoms with Gasteiger partial charge in [-0.15, -0.1) is 0 Å². The standard InChI is InChI=1S/C17H16BrNO3/c1-2-22-17(21)12-8-9-19-14(10-13(18)15(12)19)16(20)11-6-4-3-5-7-11/h3-7,10,12H,2,8-9H2,1H3. The maximum Gasteiger partial charge on any atom is 0.315 e. The lowest BCUT2D eigenvalue weighted by Crippen LogP contribution is -2.14. The van der Waals surface area contributed by atoms with Crippen molar-refractivity contribution in [3.8, 4) is 0 Å². The van der Waals surface area contributed by atoms with E-state index >= 15 is 0 Å².